The number of piperazine rings is 1. The molecule has 0 spiro atoms. The molecule has 1 atom stereocenters. The van der Waals surface area contributed by atoms with E-state index in [2.05, 4.69) is 16.3 Å². The van der Waals surface area contributed by atoms with Crippen LogP contribution in [0.2, 0.25) is 0 Å². The van der Waals surface area contributed by atoms with Crippen molar-refractivity contribution in [1.82, 2.24) is 9.62 Å². The molecule has 3 rings (SSSR count). The summed E-state index contributed by atoms with van der Waals surface area (Å²) in [4.78, 5) is 2.33. The number of nitrogens with one attached hydrogen (secondary N) is 1. The molecular weight excluding hydrogens is 326 g/mol. The van der Waals surface area contributed by atoms with Crippen molar-refractivity contribution in [3.63, 3.8) is 0 Å². The summed E-state index contributed by atoms with van der Waals surface area (Å²) < 4.78 is 32.1. The number of nitrogens with zero attached hydrogens (tertiary/aromatic N) is 2. The van der Waals surface area contributed by atoms with Gasteiger partial charge in [0.05, 0.1) is 18.0 Å². The maximum atomic E-state index is 12.1. The fourth-order valence-corrected chi connectivity index (χ4v) is 4.51. The molecule has 0 radical (unpaired) electrons. The lowest BCUT2D eigenvalue weighted by Crippen LogP contribution is -2.45. The van der Waals surface area contributed by atoms with Gasteiger partial charge in [-0.1, -0.05) is 12.1 Å². The highest BCUT2D eigenvalue weighted by atomic mass is 32.2. The van der Waals surface area contributed by atoms with Crippen molar-refractivity contribution < 1.29 is 13.2 Å². The summed E-state index contributed by atoms with van der Waals surface area (Å²) >= 11 is 0. The Balaban J connectivity index is 1.71. The van der Waals surface area contributed by atoms with Crippen LogP contribution in [0.15, 0.2) is 24.3 Å². The van der Waals surface area contributed by atoms with Crippen molar-refractivity contribution in [2.24, 2.45) is 0 Å². The van der Waals surface area contributed by atoms with E-state index >= 15 is 0 Å². The summed E-state index contributed by atoms with van der Waals surface area (Å²) in [5, 5.41) is 3.36. The number of para-hydroxylation sites is 2. The molecule has 0 bridgehead atoms. The van der Waals surface area contributed by atoms with Crippen LogP contribution in [-0.2, 0) is 10.0 Å². The normalized spacial score (nSPS) is 23.2. The highest BCUT2D eigenvalue weighted by Gasteiger charge is 2.29. The standard InChI is InChI=1S/C17H27N3O3S/c1-2-24(21,22)20-11-5-6-15(14-20)23-17-8-4-3-7-16(17)19-12-9-18-10-13-19/h3-4,7-8,15,18H,2,5-6,9-14H2,1H3/t15-/m0/s1. The van der Waals surface area contributed by atoms with Crippen LogP contribution in [0.4, 0.5) is 5.69 Å². The Morgan fingerprint density at radius 3 is 2.71 bits per heavy atom. The van der Waals surface area contributed by atoms with Crippen molar-refractivity contribution in [3.05, 3.63) is 24.3 Å². The number of hydrogen-bond acceptors (Lipinski definition) is 5. The van der Waals surface area contributed by atoms with Crippen LogP contribution in [0, 0.1) is 0 Å². The van der Waals surface area contributed by atoms with Crippen molar-refractivity contribution in [3.8, 4) is 5.75 Å². The second-order valence-electron chi connectivity index (χ2n) is 6.35. The molecule has 0 aromatic heterocycles. The maximum absolute atomic E-state index is 12.1. The van der Waals surface area contributed by atoms with Crippen molar-refractivity contribution in [1.29, 1.82) is 0 Å². The van der Waals surface area contributed by atoms with Gasteiger partial charge in [-0.25, -0.2) is 8.42 Å². The Morgan fingerprint density at radius 1 is 1.21 bits per heavy atom. The smallest absolute Gasteiger partial charge is 0.213 e. The van der Waals surface area contributed by atoms with E-state index in [0.29, 0.717) is 13.1 Å². The van der Waals surface area contributed by atoms with Crippen LogP contribution in [0.25, 0.3) is 0 Å². The van der Waals surface area contributed by atoms with Gasteiger partial charge in [-0.2, -0.15) is 4.31 Å². The second kappa shape index (κ2) is 7.72. The molecule has 1 aromatic carbocycles. The van der Waals surface area contributed by atoms with Gasteiger partial charge in [0.2, 0.25) is 10.0 Å². The number of piperidine rings is 1. The van der Waals surface area contributed by atoms with Gasteiger partial charge in [0.25, 0.3) is 0 Å². The number of anilines is 1. The average molecular weight is 353 g/mol. The Kier molecular flexibility index (Phi) is 5.63. The molecule has 0 amide bonds. The lowest BCUT2D eigenvalue weighted by Gasteiger charge is -2.34. The van der Waals surface area contributed by atoms with Crippen LogP contribution in [0.3, 0.4) is 0 Å². The molecule has 7 heteroatoms. The third-order valence-corrected chi connectivity index (χ3v) is 6.56. The van der Waals surface area contributed by atoms with Crippen LogP contribution in [0.1, 0.15) is 19.8 Å². The molecule has 2 heterocycles. The molecule has 24 heavy (non-hydrogen) atoms. The molecule has 2 aliphatic heterocycles. The molecule has 1 N–H and O–H groups in total. The number of rotatable bonds is 5. The van der Waals surface area contributed by atoms with Gasteiger partial charge in [-0.15, -0.1) is 0 Å². The maximum Gasteiger partial charge on any atom is 0.213 e. The molecule has 1 aromatic rings. The van der Waals surface area contributed by atoms with Crippen LogP contribution >= 0.6 is 0 Å². The Morgan fingerprint density at radius 2 is 1.96 bits per heavy atom. The summed E-state index contributed by atoms with van der Waals surface area (Å²) in [6.07, 6.45) is 1.66. The number of hydrogen-bond donors (Lipinski definition) is 1. The third kappa shape index (κ3) is 4.02. The van der Waals surface area contributed by atoms with Crippen molar-refractivity contribution in [2.45, 2.75) is 25.9 Å². The minimum Gasteiger partial charge on any atom is -0.487 e. The van der Waals surface area contributed by atoms with E-state index in [9.17, 15) is 8.42 Å². The summed E-state index contributed by atoms with van der Waals surface area (Å²) in [5.74, 6) is 1.01. The van der Waals surface area contributed by atoms with Crippen LogP contribution < -0.4 is 15.0 Å². The quantitative estimate of drug-likeness (QED) is 0.864. The van der Waals surface area contributed by atoms with Crippen LogP contribution in [0.5, 0.6) is 5.75 Å². The SMILES string of the molecule is CCS(=O)(=O)N1CCC[C@H](Oc2ccccc2N2CCNCC2)C1. The fourth-order valence-electron chi connectivity index (χ4n) is 3.34. The van der Waals surface area contributed by atoms with Gasteiger partial charge in [0.15, 0.2) is 0 Å². The van der Waals surface area contributed by atoms with Crippen molar-refractivity contribution in [2.75, 3.05) is 49.9 Å². The molecule has 0 aliphatic carbocycles. The first-order valence-corrected chi connectivity index (χ1v) is 10.4. The number of sulfonamides is 1. The Labute approximate surface area is 144 Å². The Bertz CT molecular complexity index is 644. The van der Waals surface area contributed by atoms with Gasteiger partial charge in [0.1, 0.15) is 11.9 Å². The lowest BCUT2D eigenvalue weighted by molar-refractivity contribution is 0.130. The predicted octanol–water partition coefficient (Wildman–Crippen LogP) is 1.29. The molecule has 2 fully saturated rings. The van der Waals surface area contributed by atoms with E-state index < -0.39 is 10.0 Å². The first kappa shape index (κ1) is 17.5. The minimum absolute atomic E-state index is 0.0795. The van der Waals surface area contributed by atoms with Crippen molar-refractivity contribution >= 4 is 15.7 Å². The first-order valence-electron chi connectivity index (χ1n) is 8.79. The molecule has 134 valence electrons. The summed E-state index contributed by atoms with van der Waals surface area (Å²) in [5.41, 5.74) is 1.11. The average Bonchev–Trinajstić information content (AvgIpc) is 2.63. The predicted molar refractivity (Wildman–Crippen MR) is 96.2 cm³/mol. The summed E-state index contributed by atoms with van der Waals surface area (Å²) in [6.45, 7) is 6.62. The van der Waals surface area contributed by atoms with Gasteiger partial charge in [-0.05, 0) is 31.9 Å². The highest BCUT2D eigenvalue weighted by molar-refractivity contribution is 7.89. The largest absolute Gasteiger partial charge is 0.487 e. The first-order chi connectivity index (χ1) is 11.6. The van der Waals surface area contributed by atoms with E-state index in [1.165, 1.54) is 0 Å². The van der Waals surface area contributed by atoms with Gasteiger partial charge in [0, 0.05) is 32.7 Å². The minimum atomic E-state index is -3.14. The third-order valence-electron chi connectivity index (χ3n) is 4.72. The number of ether oxygens (including phenoxy) is 1. The molecular formula is C17H27N3O3S. The van der Waals surface area contributed by atoms with Crippen LogP contribution in [-0.4, -0.2) is 63.8 Å². The van der Waals surface area contributed by atoms with E-state index in [0.717, 1.165) is 50.5 Å². The zero-order valence-corrected chi connectivity index (χ0v) is 15.1. The van der Waals surface area contributed by atoms with E-state index in [1.807, 2.05) is 18.2 Å². The molecule has 0 saturated carbocycles. The molecule has 0 unspecified atom stereocenters. The molecule has 2 aliphatic rings. The molecule has 2 saturated heterocycles. The summed E-state index contributed by atoms with van der Waals surface area (Å²) in [7, 11) is -3.14. The second-order valence-corrected chi connectivity index (χ2v) is 8.60. The zero-order valence-electron chi connectivity index (χ0n) is 14.3. The van der Waals surface area contributed by atoms with E-state index in [-0.39, 0.29) is 11.9 Å². The fraction of sp³-hybridized carbons (Fsp3) is 0.647. The highest BCUT2D eigenvalue weighted by Crippen LogP contribution is 2.30. The van der Waals surface area contributed by atoms with Gasteiger partial charge >= 0.3 is 0 Å². The molecule has 6 nitrogen and oxygen atoms in total. The summed E-state index contributed by atoms with van der Waals surface area (Å²) in [6, 6.07) is 8.08. The zero-order chi connectivity index (χ0) is 17.0. The van der Waals surface area contributed by atoms with Gasteiger partial charge in [-0.3, -0.25) is 0 Å². The van der Waals surface area contributed by atoms with Gasteiger partial charge < -0.3 is 15.0 Å². The lowest BCUT2D eigenvalue weighted by atomic mass is 10.1. The Hall–Kier alpha value is -1.31. The van der Waals surface area contributed by atoms with E-state index in [1.54, 1.807) is 11.2 Å². The monoisotopic (exact) mass is 353 g/mol. The van der Waals surface area contributed by atoms with E-state index in [4.69, 9.17) is 4.74 Å². The topological polar surface area (TPSA) is 61.9 Å². The number of benzene rings is 1.